The van der Waals surface area contributed by atoms with Gasteiger partial charge < -0.3 is 14.3 Å². The molecule has 5 nitrogen and oxygen atoms in total. The minimum atomic E-state index is 0.0781. The van der Waals surface area contributed by atoms with Crippen molar-refractivity contribution in [1.29, 1.82) is 0 Å². The number of rotatable bonds is 6. The highest BCUT2D eigenvalue weighted by atomic mass is 16.5. The highest BCUT2D eigenvalue weighted by molar-refractivity contribution is 5.15. The lowest BCUT2D eigenvalue weighted by atomic mass is 10.1. The number of nitrogens with one attached hydrogen (secondary N) is 1. The summed E-state index contributed by atoms with van der Waals surface area (Å²) in [5.41, 5.74) is 2.22. The van der Waals surface area contributed by atoms with Crippen LogP contribution in [0.25, 0.3) is 0 Å². The quantitative estimate of drug-likeness (QED) is 0.886. The molecule has 2 rings (SSSR count). The second-order valence-corrected chi connectivity index (χ2v) is 6.56. The van der Waals surface area contributed by atoms with Crippen LogP contribution in [0.3, 0.4) is 0 Å². The smallest absolute Gasteiger partial charge is 0.151 e. The predicted molar refractivity (Wildman–Crippen MR) is 81.7 cm³/mol. The van der Waals surface area contributed by atoms with E-state index in [4.69, 9.17) is 8.94 Å². The summed E-state index contributed by atoms with van der Waals surface area (Å²) in [6, 6.07) is 4.02. The van der Waals surface area contributed by atoms with Crippen LogP contribution in [-0.2, 0) is 19.6 Å². The average molecular weight is 291 g/mol. The minimum absolute atomic E-state index is 0.0781. The summed E-state index contributed by atoms with van der Waals surface area (Å²) in [5.74, 6) is 1.85. The van der Waals surface area contributed by atoms with E-state index in [1.54, 1.807) is 6.26 Å². The van der Waals surface area contributed by atoms with Crippen molar-refractivity contribution in [2.24, 2.45) is 0 Å². The molecule has 0 spiro atoms. The number of nitrogens with zero attached hydrogens (tertiary/aromatic N) is 2. The van der Waals surface area contributed by atoms with Crippen molar-refractivity contribution in [1.82, 2.24) is 15.4 Å². The summed E-state index contributed by atoms with van der Waals surface area (Å²) in [6.45, 7) is 10.7. The van der Waals surface area contributed by atoms with Gasteiger partial charge >= 0.3 is 0 Å². The molecule has 0 unspecified atom stereocenters. The third-order valence-electron chi connectivity index (χ3n) is 3.24. The van der Waals surface area contributed by atoms with Crippen LogP contribution in [0, 0.1) is 6.92 Å². The van der Waals surface area contributed by atoms with Crippen molar-refractivity contribution >= 4 is 0 Å². The van der Waals surface area contributed by atoms with Crippen LogP contribution in [0.1, 0.15) is 43.5 Å². The number of aromatic nitrogens is 1. The monoisotopic (exact) mass is 291 g/mol. The third-order valence-corrected chi connectivity index (χ3v) is 3.24. The summed E-state index contributed by atoms with van der Waals surface area (Å²) in [5, 5.41) is 7.50. The van der Waals surface area contributed by atoms with E-state index in [1.165, 1.54) is 5.56 Å². The number of furan rings is 1. The van der Waals surface area contributed by atoms with E-state index >= 15 is 0 Å². The van der Waals surface area contributed by atoms with Gasteiger partial charge in [0.05, 0.1) is 18.5 Å². The van der Waals surface area contributed by atoms with Gasteiger partial charge in [-0.1, -0.05) is 5.16 Å². The van der Waals surface area contributed by atoms with Gasteiger partial charge in [0.25, 0.3) is 0 Å². The van der Waals surface area contributed by atoms with Gasteiger partial charge in [-0.05, 0) is 40.8 Å². The van der Waals surface area contributed by atoms with Gasteiger partial charge in [0.2, 0.25) is 0 Å². The van der Waals surface area contributed by atoms with E-state index in [9.17, 15) is 0 Å². The van der Waals surface area contributed by atoms with Crippen LogP contribution >= 0.6 is 0 Å². The molecule has 2 aromatic heterocycles. The van der Waals surface area contributed by atoms with Gasteiger partial charge in [-0.15, -0.1) is 0 Å². The molecule has 0 aliphatic carbocycles. The lowest BCUT2D eigenvalue weighted by Crippen LogP contribution is -2.35. The van der Waals surface area contributed by atoms with Gasteiger partial charge in [0.15, 0.2) is 5.76 Å². The first kappa shape index (κ1) is 15.8. The summed E-state index contributed by atoms with van der Waals surface area (Å²) in [4.78, 5) is 2.18. The second kappa shape index (κ2) is 6.45. The zero-order valence-electron chi connectivity index (χ0n) is 13.6. The zero-order valence-corrected chi connectivity index (χ0v) is 13.6. The van der Waals surface area contributed by atoms with Gasteiger partial charge in [-0.3, -0.25) is 4.90 Å². The van der Waals surface area contributed by atoms with Crippen LogP contribution in [0.5, 0.6) is 0 Å². The van der Waals surface area contributed by atoms with Crippen LogP contribution < -0.4 is 5.32 Å². The summed E-state index contributed by atoms with van der Waals surface area (Å²) < 4.78 is 10.7. The standard InChI is InChI=1S/C16H25N3O2/c1-12-13(6-7-20-12)10-19(5)11-15-8-14(18-21-15)9-17-16(2,3)4/h6-8,17H,9-11H2,1-5H3. The van der Waals surface area contributed by atoms with Crippen LogP contribution in [0.4, 0.5) is 0 Å². The Bertz CT molecular complexity index is 566. The molecule has 2 heterocycles. The highest BCUT2D eigenvalue weighted by Crippen LogP contribution is 2.14. The number of aryl methyl sites for hydroxylation is 1. The zero-order chi connectivity index (χ0) is 15.5. The largest absolute Gasteiger partial charge is 0.469 e. The van der Waals surface area contributed by atoms with Gasteiger partial charge in [-0.25, -0.2) is 0 Å². The Hall–Kier alpha value is -1.59. The Morgan fingerprint density at radius 3 is 2.67 bits per heavy atom. The Morgan fingerprint density at radius 2 is 2.05 bits per heavy atom. The van der Waals surface area contributed by atoms with Gasteiger partial charge in [-0.2, -0.15) is 0 Å². The van der Waals surface area contributed by atoms with Crippen molar-refractivity contribution in [2.75, 3.05) is 7.05 Å². The van der Waals surface area contributed by atoms with Gasteiger partial charge in [0, 0.05) is 30.3 Å². The van der Waals surface area contributed by atoms with E-state index < -0.39 is 0 Å². The summed E-state index contributed by atoms with van der Waals surface area (Å²) in [6.07, 6.45) is 1.73. The van der Waals surface area contributed by atoms with Crippen LogP contribution in [-0.4, -0.2) is 22.6 Å². The molecule has 0 aliphatic rings. The number of hydrogen-bond acceptors (Lipinski definition) is 5. The van der Waals surface area contributed by atoms with E-state index in [2.05, 4.69) is 43.2 Å². The van der Waals surface area contributed by atoms with E-state index in [1.807, 2.05) is 19.1 Å². The Kier molecular flexibility index (Phi) is 4.85. The maximum absolute atomic E-state index is 5.39. The molecule has 2 aromatic rings. The lowest BCUT2D eigenvalue weighted by Gasteiger charge is -2.19. The van der Waals surface area contributed by atoms with Gasteiger partial charge in [0.1, 0.15) is 5.76 Å². The van der Waals surface area contributed by atoms with E-state index in [0.717, 1.165) is 36.8 Å². The average Bonchev–Trinajstić information content (AvgIpc) is 2.96. The lowest BCUT2D eigenvalue weighted by molar-refractivity contribution is 0.264. The maximum Gasteiger partial charge on any atom is 0.151 e. The fourth-order valence-corrected chi connectivity index (χ4v) is 2.06. The second-order valence-electron chi connectivity index (χ2n) is 6.56. The fourth-order valence-electron chi connectivity index (χ4n) is 2.06. The molecule has 5 heteroatoms. The molecule has 0 atom stereocenters. The molecule has 0 saturated heterocycles. The molecule has 1 N–H and O–H groups in total. The van der Waals surface area contributed by atoms with Crippen LogP contribution in [0.2, 0.25) is 0 Å². The normalized spacial score (nSPS) is 12.3. The first-order valence-corrected chi connectivity index (χ1v) is 7.24. The molecule has 0 radical (unpaired) electrons. The molecule has 0 bridgehead atoms. The molecule has 0 fully saturated rings. The summed E-state index contributed by atoms with van der Waals surface area (Å²) >= 11 is 0. The summed E-state index contributed by atoms with van der Waals surface area (Å²) in [7, 11) is 2.06. The minimum Gasteiger partial charge on any atom is -0.469 e. The first-order valence-electron chi connectivity index (χ1n) is 7.24. The highest BCUT2D eigenvalue weighted by Gasteiger charge is 2.12. The van der Waals surface area contributed by atoms with Crippen molar-refractivity contribution in [3.05, 3.63) is 41.2 Å². The van der Waals surface area contributed by atoms with E-state index in [-0.39, 0.29) is 5.54 Å². The predicted octanol–water partition coefficient (Wildman–Crippen LogP) is 3.10. The third kappa shape index (κ3) is 5.02. The molecule has 116 valence electrons. The Balaban J connectivity index is 1.86. The molecular weight excluding hydrogens is 266 g/mol. The van der Waals surface area contributed by atoms with Crippen molar-refractivity contribution in [3.8, 4) is 0 Å². The maximum atomic E-state index is 5.39. The van der Waals surface area contributed by atoms with E-state index in [0.29, 0.717) is 0 Å². The molecule has 0 aliphatic heterocycles. The molecule has 0 aromatic carbocycles. The molecule has 21 heavy (non-hydrogen) atoms. The van der Waals surface area contributed by atoms with Crippen molar-refractivity contribution < 1.29 is 8.94 Å². The number of hydrogen-bond donors (Lipinski definition) is 1. The first-order chi connectivity index (χ1) is 9.83. The molecule has 0 saturated carbocycles. The van der Waals surface area contributed by atoms with Crippen molar-refractivity contribution in [3.63, 3.8) is 0 Å². The SMILES string of the molecule is Cc1occc1CN(C)Cc1cc(CNC(C)(C)C)no1. The topological polar surface area (TPSA) is 54.4 Å². The Morgan fingerprint density at radius 1 is 1.29 bits per heavy atom. The molecular formula is C16H25N3O2. The van der Waals surface area contributed by atoms with Crippen molar-refractivity contribution in [2.45, 2.75) is 52.9 Å². The Labute approximate surface area is 126 Å². The van der Waals surface area contributed by atoms with Crippen LogP contribution in [0.15, 0.2) is 27.3 Å². The molecule has 0 amide bonds. The fraction of sp³-hybridized carbons (Fsp3) is 0.562.